The Morgan fingerprint density at radius 1 is 1.28 bits per heavy atom. The van der Waals surface area contributed by atoms with Crippen LogP contribution in [0.5, 0.6) is 0 Å². The molecule has 2 aromatic heterocycles. The molecule has 3 aromatic rings. The zero-order valence-electron chi connectivity index (χ0n) is 14.1. The Bertz CT molecular complexity index is 926. The fourth-order valence-electron chi connectivity index (χ4n) is 3.62. The van der Waals surface area contributed by atoms with Crippen LogP contribution >= 0.6 is 0 Å². The third-order valence-corrected chi connectivity index (χ3v) is 5.12. The first-order valence-corrected chi connectivity index (χ1v) is 8.61. The summed E-state index contributed by atoms with van der Waals surface area (Å²) in [5.41, 5.74) is 3.17. The summed E-state index contributed by atoms with van der Waals surface area (Å²) in [6.45, 7) is 3.07. The van der Waals surface area contributed by atoms with Crippen LogP contribution in [0, 0.1) is 12.7 Å². The van der Waals surface area contributed by atoms with Crippen molar-refractivity contribution in [2.24, 2.45) is 0 Å². The van der Waals surface area contributed by atoms with Crippen molar-refractivity contribution in [3.05, 3.63) is 65.2 Å². The number of nitrogens with one attached hydrogen (secondary N) is 1. The average Bonchev–Trinajstić information content (AvgIpc) is 3.08. The van der Waals surface area contributed by atoms with Gasteiger partial charge in [-0.2, -0.15) is 0 Å². The van der Waals surface area contributed by atoms with Crippen LogP contribution in [0.4, 0.5) is 4.39 Å². The molecule has 0 spiro atoms. The highest BCUT2D eigenvalue weighted by Crippen LogP contribution is 2.33. The van der Waals surface area contributed by atoms with Crippen LogP contribution in [-0.2, 0) is 0 Å². The molecule has 25 heavy (non-hydrogen) atoms. The normalized spacial score (nSPS) is 15.7. The van der Waals surface area contributed by atoms with E-state index in [0.29, 0.717) is 30.1 Å². The number of likely N-dealkylation sites (tertiary alicyclic amines) is 1. The molecule has 0 atom stereocenters. The second-order valence-corrected chi connectivity index (χ2v) is 6.67. The van der Waals surface area contributed by atoms with Crippen molar-refractivity contribution >= 4 is 16.9 Å². The maximum absolute atomic E-state index is 13.7. The van der Waals surface area contributed by atoms with Gasteiger partial charge in [0.2, 0.25) is 0 Å². The third-order valence-electron chi connectivity index (χ3n) is 5.12. The summed E-state index contributed by atoms with van der Waals surface area (Å²) in [5, 5.41) is 1.16. The van der Waals surface area contributed by atoms with Crippen molar-refractivity contribution in [2.75, 3.05) is 13.1 Å². The maximum atomic E-state index is 13.7. The predicted octanol–water partition coefficient (Wildman–Crippen LogP) is 4.03. The van der Waals surface area contributed by atoms with Gasteiger partial charge < -0.3 is 9.88 Å². The summed E-state index contributed by atoms with van der Waals surface area (Å²) in [5.74, 6) is 0.00160. The third kappa shape index (κ3) is 2.90. The summed E-state index contributed by atoms with van der Waals surface area (Å²) < 4.78 is 13.7. The number of aromatic nitrogens is 2. The van der Waals surface area contributed by atoms with Crippen LogP contribution in [0.1, 0.15) is 40.2 Å². The number of benzene rings is 1. The number of fused-ring (bicyclic) bond motifs is 1. The summed E-state index contributed by atoms with van der Waals surface area (Å²) in [6, 6.07) is 8.74. The molecule has 1 saturated heterocycles. The Morgan fingerprint density at radius 2 is 2.08 bits per heavy atom. The van der Waals surface area contributed by atoms with E-state index < -0.39 is 0 Å². The first-order valence-electron chi connectivity index (χ1n) is 8.61. The summed E-state index contributed by atoms with van der Waals surface area (Å²) in [6.07, 6.45) is 5.63. The zero-order chi connectivity index (χ0) is 17.4. The van der Waals surface area contributed by atoms with E-state index in [1.165, 1.54) is 11.6 Å². The predicted molar refractivity (Wildman–Crippen MR) is 95.1 cm³/mol. The number of H-pyrrole nitrogens is 1. The summed E-state index contributed by atoms with van der Waals surface area (Å²) in [7, 11) is 0. The molecule has 1 N–H and O–H groups in total. The van der Waals surface area contributed by atoms with Gasteiger partial charge >= 0.3 is 0 Å². The van der Waals surface area contributed by atoms with Crippen molar-refractivity contribution < 1.29 is 9.18 Å². The highest BCUT2D eigenvalue weighted by molar-refractivity contribution is 5.94. The number of aryl methyl sites for hydroxylation is 1. The number of aromatic amines is 1. The molecular formula is C20H20FN3O. The monoisotopic (exact) mass is 337 g/mol. The van der Waals surface area contributed by atoms with Gasteiger partial charge in [0, 0.05) is 36.4 Å². The number of nitrogens with zero attached hydrogens (tertiary/aromatic N) is 2. The molecule has 5 heteroatoms. The molecule has 1 fully saturated rings. The van der Waals surface area contributed by atoms with Crippen LogP contribution < -0.4 is 0 Å². The standard InChI is InChI=1S/C20H20FN3O/c1-13-4-5-15(11-18(13)21)20(25)24-9-6-14(7-10-24)17-12-23-19-16(17)3-2-8-22-19/h2-5,8,11-12,14H,6-7,9-10H2,1H3,(H,22,23). The Morgan fingerprint density at radius 3 is 2.84 bits per heavy atom. The van der Waals surface area contributed by atoms with E-state index in [-0.39, 0.29) is 11.7 Å². The van der Waals surface area contributed by atoms with Crippen molar-refractivity contribution in [2.45, 2.75) is 25.7 Å². The van der Waals surface area contributed by atoms with Gasteiger partial charge in [0.05, 0.1) is 0 Å². The number of pyridine rings is 1. The van der Waals surface area contributed by atoms with Crippen molar-refractivity contribution in [1.82, 2.24) is 14.9 Å². The van der Waals surface area contributed by atoms with E-state index in [1.54, 1.807) is 25.3 Å². The number of piperidine rings is 1. The first-order chi connectivity index (χ1) is 12.1. The molecule has 4 nitrogen and oxygen atoms in total. The molecule has 0 aliphatic carbocycles. The van der Waals surface area contributed by atoms with Crippen LogP contribution in [0.2, 0.25) is 0 Å². The molecule has 0 saturated carbocycles. The van der Waals surface area contributed by atoms with Gasteiger partial charge in [0.1, 0.15) is 11.5 Å². The first kappa shape index (κ1) is 15.8. The fraction of sp³-hybridized carbons (Fsp3) is 0.300. The van der Waals surface area contributed by atoms with Crippen molar-refractivity contribution in [3.8, 4) is 0 Å². The number of carbonyl (C=O) groups excluding carboxylic acids is 1. The number of hydrogen-bond donors (Lipinski definition) is 1. The summed E-state index contributed by atoms with van der Waals surface area (Å²) in [4.78, 5) is 22.0. The van der Waals surface area contributed by atoms with E-state index >= 15 is 0 Å². The van der Waals surface area contributed by atoms with E-state index in [9.17, 15) is 9.18 Å². The number of halogens is 1. The summed E-state index contributed by atoms with van der Waals surface area (Å²) >= 11 is 0. The van der Waals surface area contributed by atoms with Gasteiger partial charge in [-0.1, -0.05) is 6.07 Å². The van der Waals surface area contributed by atoms with E-state index in [4.69, 9.17) is 0 Å². The van der Waals surface area contributed by atoms with Crippen LogP contribution in [0.15, 0.2) is 42.7 Å². The lowest BCUT2D eigenvalue weighted by Gasteiger charge is -2.32. The highest BCUT2D eigenvalue weighted by atomic mass is 19.1. The number of rotatable bonds is 2. The smallest absolute Gasteiger partial charge is 0.253 e. The van der Waals surface area contributed by atoms with Crippen molar-refractivity contribution in [3.63, 3.8) is 0 Å². The molecule has 1 aliphatic heterocycles. The quantitative estimate of drug-likeness (QED) is 0.767. The Balaban J connectivity index is 1.47. The van der Waals surface area contributed by atoms with Crippen LogP contribution in [0.25, 0.3) is 11.0 Å². The largest absolute Gasteiger partial charge is 0.346 e. The molecule has 0 unspecified atom stereocenters. The minimum absolute atomic E-state index is 0.0852. The van der Waals surface area contributed by atoms with Gasteiger partial charge in [0.25, 0.3) is 5.91 Å². The molecule has 3 heterocycles. The van der Waals surface area contributed by atoms with Crippen LogP contribution in [-0.4, -0.2) is 33.9 Å². The van der Waals surface area contributed by atoms with Gasteiger partial charge in [0.15, 0.2) is 0 Å². The number of carbonyl (C=O) groups is 1. The number of hydrogen-bond acceptors (Lipinski definition) is 2. The molecule has 1 aromatic carbocycles. The second-order valence-electron chi connectivity index (χ2n) is 6.67. The Labute approximate surface area is 145 Å². The average molecular weight is 337 g/mol. The Kier molecular flexibility index (Phi) is 3.99. The van der Waals surface area contributed by atoms with Crippen molar-refractivity contribution in [1.29, 1.82) is 0 Å². The molecule has 1 aliphatic rings. The highest BCUT2D eigenvalue weighted by Gasteiger charge is 2.26. The molecule has 1 amide bonds. The van der Waals surface area contributed by atoms with Gasteiger partial charge in [-0.15, -0.1) is 0 Å². The topological polar surface area (TPSA) is 49.0 Å². The van der Waals surface area contributed by atoms with E-state index in [1.807, 2.05) is 17.2 Å². The zero-order valence-corrected chi connectivity index (χ0v) is 14.1. The van der Waals surface area contributed by atoms with E-state index in [2.05, 4.69) is 16.0 Å². The molecule has 0 radical (unpaired) electrons. The minimum Gasteiger partial charge on any atom is -0.346 e. The molecular weight excluding hydrogens is 317 g/mol. The second kappa shape index (κ2) is 6.31. The molecule has 128 valence electrons. The maximum Gasteiger partial charge on any atom is 0.253 e. The Hall–Kier alpha value is -2.69. The number of amides is 1. The van der Waals surface area contributed by atoms with Crippen LogP contribution in [0.3, 0.4) is 0 Å². The lowest BCUT2D eigenvalue weighted by Crippen LogP contribution is -2.37. The lowest BCUT2D eigenvalue weighted by atomic mass is 9.89. The SMILES string of the molecule is Cc1ccc(C(=O)N2CCC(c3c[nH]c4ncccc34)CC2)cc1F. The fourth-order valence-corrected chi connectivity index (χ4v) is 3.62. The minimum atomic E-state index is -0.327. The van der Waals surface area contributed by atoms with Gasteiger partial charge in [-0.25, -0.2) is 9.37 Å². The molecule has 4 rings (SSSR count). The van der Waals surface area contributed by atoms with E-state index in [0.717, 1.165) is 23.9 Å². The molecule has 0 bridgehead atoms. The van der Waals surface area contributed by atoms with Gasteiger partial charge in [-0.05, 0) is 61.1 Å². The lowest BCUT2D eigenvalue weighted by molar-refractivity contribution is 0.0713. The van der Waals surface area contributed by atoms with Gasteiger partial charge in [-0.3, -0.25) is 4.79 Å².